The van der Waals surface area contributed by atoms with E-state index < -0.39 is 10.4 Å². The maximum Gasteiger partial charge on any atom is 0.293 e. The third-order valence-electron chi connectivity index (χ3n) is 3.60. The van der Waals surface area contributed by atoms with Crippen LogP contribution in [0.4, 0.5) is 5.69 Å². The second-order valence-electron chi connectivity index (χ2n) is 4.75. The Balaban J connectivity index is 2.65. The Morgan fingerprint density at radius 3 is 2.30 bits per heavy atom. The number of H-pyrrole nitrogens is 1. The molecule has 0 aliphatic heterocycles. The summed E-state index contributed by atoms with van der Waals surface area (Å²) in [6.45, 7) is 0. The molecule has 0 spiro atoms. The van der Waals surface area contributed by atoms with Gasteiger partial charge in [-0.3, -0.25) is 14.9 Å². The number of aromatic nitrogens is 1. The zero-order chi connectivity index (χ0) is 16.7. The molecule has 23 heavy (non-hydrogen) atoms. The van der Waals surface area contributed by atoms with Crippen LogP contribution in [0.15, 0.2) is 29.1 Å². The van der Waals surface area contributed by atoms with E-state index in [4.69, 9.17) is 21.1 Å². The second-order valence-corrected chi connectivity index (χ2v) is 5.16. The van der Waals surface area contributed by atoms with Crippen LogP contribution in [0.25, 0.3) is 21.8 Å². The van der Waals surface area contributed by atoms with Crippen LogP contribution in [0.3, 0.4) is 0 Å². The van der Waals surface area contributed by atoms with Crippen molar-refractivity contribution in [2.45, 2.75) is 0 Å². The van der Waals surface area contributed by atoms with Crippen LogP contribution in [0.5, 0.6) is 11.5 Å². The predicted octanol–water partition coefficient (Wildman–Crippen LogP) is 3.26. The zero-order valence-electron chi connectivity index (χ0n) is 12.2. The summed E-state index contributed by atoms with van der Waals surface area (Å²) in [6.07, 6.45) is 0. The van der Waals surface area contributed by atoms with Crippen molar-refractivity contribution in [3.05, 3.63) is 49.6 Å². The molecule has 1 heterocycles. The third-order valence-corrected chi connectivity index (χ3v) is 3.92. The first kappa shape index (κ1) is 15.1. The van der Waals surface area contributed by atoms with E-state index in [0.717, 1.165) is 0 Å². The number of benzene rings is 2. The number of halogens is 1. The molecule has 0 atom stereocenters. The molecule has 0 amide bonds. The van der Waals surface area contributed by atoms with Gasteiger partial charge in [-0.2, -0.15) is 0 Å². The van der Waals surface area contributed by atoms with Gasteiger partial charge in [0.25, 0.3) is 5.69 Å². The summed E-state index contributed by atoms with van der Waals surface area (Å²) in [4.78, 5) is 26.4. The summed E-state index contributed by atoms with van der Waals surface area (Å²) in [5.41, 5.74) is -0.340. The van der Waals surface area contributed by atoms with E-state index in [0.29, 0.717) is 17.0 Å². The first-order valence-electron chi connectivity index (χ1n) is 6.53. The number of nitro benzene ring substituents is 1. The highest BCUT2D eigenvalue weighted by molar-refractivity contribution is 6.36. The Morgan fingerprint density at radius 2 is 1.70 bits per heavy atom. The van der Waals surface area contributed by atoms with Gasteiger partial charge in [0.15, 0.2) is 0 Å². The van der Waals surface area contributed by atoms with Crippen LogP contribution in [0.1, 0.15) is 0 Å². The fourth-order valence-electron chi connectivity index (χ4n) is 2.57. The SMILES string of the molecule is COc1ccc(OC)c2c(=O)c3c(Cl)ccc([N+](=O)[O-])c3[nH]c12. The number of aromatic amines is 1. The smallest absolute Gasteiger partial charge is 0.293 e. The summed E-state index contributed by atoms with van der Waals surface area (Å²) >= 11 is 6.09. The molecule has 118 valence electrons. The molecule has 3 aromatic rings. The van der Waals surface area contributed by atoms with Crippen LogP contribution < -0.4 is 14.9 Å². The lowest BCUT2D eigenvalue weighted by Crippen LogP contribution is -2.08. The van der Waals surface area contributed by atoms with E-state index in [2.05, 4.69) is 4.98 Å². The molecule has 0 radical (unpaired) electrons. The van der Waals surface area contributed by atoms with Gasteiger partial charge >= 0.3 is 0 Å². The molecule has 8 heteroatoms. The number of fused-ring (bicyclic) bond motifs is 2. The molecule has 0 aliphatic carbocycles. The number of nitrogens with zero attached hydrogens (tertiary/aromatic N) is 1. The molecule has 1 N–H and O–H groups in total. The lowest BCUT2D eigenvalue weighted by atomic mass is 10.1. The minimum Gasteiger partial charge on any atom is -0.496 e. The standard InChI is InChI=1S/C15H11ClN2O5/c1-22-9-5-6-10(23-2)14-12(9)15(19)11-7(16)3-4-8(18(20)21)13(11)17-14/h3-6H,1-2H3,(H,17,19). The van der Waals surface area contributed by atoms with Gasteiger partial charge in [-0.25, -0.2) is 0 Å². The minimum absolute atomic E-state index is 0.0416. The fraction of sp³-hybridized carbons (Fsp3) is 0.133. The minimum atomic E-state index is -0.576. The van der Waals surface area contributed by atoms with Crippen molar-refractivity contribution in [2.24, 2.45) is 0 Å². The predicted molar refractivity (Wildman–Crippen MR) is 86.8 cm³/mol. The van der Waals surface area contributed by atoms with Gasteiger partial charge in [-0.15, -0.1) is 0 Å². The fourth-order valence-corrected chi connectivity index (χ4v) is 2.81. The average molecular weight is 335 g/mol. The van der Waals surface area contributed by atoms with Gasteiger partial charge in [0, 0.05) is 6.07 Å². The Bertz CT molecular complexity index is 1010. The van der Waals surface area contributed by atoms with Gasteiger partial charge in [0.05, 0.1) is 40.5 Å². The van der Waals surface area contributed by atoms with Crippen LogP contribution >= 0.6 is 11.6 Å². The quantitative estimate of drug-likeness (QED) is 0.450. The lowest BCUT2D eigenvalue weighted by Gasteiger charge is -2.11. The lowest BCUT2D eigenvalue weighted by molar-refractivity contribution is -0.383. The molecule has 0 bridgehead atoms. The number of ether oxygens (including phenoxy) is 2. The average Bonchev–Trinajstić information content (AvgIpc) is 2.53. The summed E-state index contributed by atoms with van der Waals surface area (Å²) in [6, 6.07) is 5.78. The van der Waals surface area contributed by atoms with Crippen molar-refractivity contribution >= 4 is 39.1 Å². The van der Waals surface area contributed by atoms with Crippen molar-refractivity contribution in [2.75, 3.05) is 14.2 Å². The Hall–Kier alpha value is -2.80. The maximum absolute atomic E-state index is 12.9. The highest BCUT2D eigenvalue weighted by Gasteiger charge is 2.21. The van der Waals surface area contributed by atoms with Crippen molar-refractivity contribution in [3.8, 4) is 11.5 Å². The molecular formula is C15H11ClN2O5. The van der Waals surface area contributed by atoms with Gasteiger partial charge in [0.1, 0.15) is 17.0 Å². The molecule has 1 aromatic heterocycles. The second kappa shape index (κ2) is 5.44. The van der Waals surface area contributed by atoms with E-state index in [9.17, 15) is 14.9 Å². The summed E-state index contributed by atoms with van der Waals surface area (Å²) < 4.78 is 10.5. The normalized spacial score (nSPS) is 10.9. The Kier molecular flexibility index (Phi) is 3.57. The van der Waals surface area contributed by atoms with Crippen LogP contribution in [0.2, 0.25) is 5.02 Å². The molecular weight excluding hydrogens is 324 g/mol. The number of hydrogen-bond acceptors (Lipinski definition) is 5. The molecule has 0 unspecified atom stereocenters. The number of pyridine rings is 1. The van der Waals surface area contributed by atoms with Crippen molar-refractivity contribution in [1.29, 1.82) is 0 Å². The number of methoxy groups -OCH3 is 2. The molecule has 0 saturated carbocycles. The highest BCUT2D eigenvalue weighted by atomic mass is 35.5. The van der Waals surface area contributed by atoms with Crippen molar-refractivity contribution in [3.63, 3.8) is 0 Å². The number of hydrogen-bond donors (Lipinski definition) is 1. The van der Waals surface area contributed by atoms with Crippen molar-refractivity contribution < 1.29 is 14.4 Å². The van der Waals surface area contributed by atoms with E-state index in [-0.39, 0.29) is 27.0 Å². The molecule has 3 rings (SSSR count). The zero-order valence-corrected chi connectivity index (χ0v) is 12.9. The van der Waals surface area contributed by atoms with E-state index in [1.807, 2.05) is 0 Å². The maximum atomic E-state index is 12.9. The number of rotatable bonds is 3. The first-order valence-corrected chi connectivity index (χ1v) is 6.91. The largest absolute Gasteiger partial charge is 0.496 e. The summed E-state index contributed by atoms with van der Waals surface area (Å²) in [5, 5.41) is 11.6. The third kappa shape index (κ3) is 2.17. The first-order chi connectivity index (χ1) is 11.0. The van der Waals surface area contributed by atoms with E-state index >= 15 is 0 Å². The summed E-state index contributed by atoms with van der Waals surface area (Å²) in [7, 11) is 2.87. The van der Waals surface area contributed by atoms with Crippen LogP contribution in [0, 0.1) is 10.1 Å². The van der Waals surface area contributed by atoms with Gasteiger partial charge in [-0.05, 0) is 18.2 Å². The van der Waals surface area contributed by atoms with E-state index in [1.54, 1.807) is 12.1 Å². The highest BCUT2D eigenvalue weighted by Crippen LogP contribution is 2.35. The number of non-ortho nitro benzene ring substituents is 1. The molecule has 0 saturated heterocycles. The van der Waals surface area contributed by atoms with Gasteiger partial charge in [0.2, 0.25) is 5.43 Å². The van der Waals surface area contributed by atoms with Gasteiger partial charge in [-0.1, -0.05) is 11.6 Å². The van der Waals surface area contributed by atoms with Crippen LogP contribution in [-0.2, 0) is 0 Å². The molecule has 7 nitrogen and oxygen atoms in total. The van der Waals surface area contributed by atoms with Gasteiger partial charge < -0.3 is 14.5 Å². The molecule has 2 aromatic carbocycles. The van der Waals surface area contributed by atoms with Crippen molar-refractivity contribution in [1.82, 2.24) is 4.98 Å². The molecule has 0 fully saturated rings. The Labute approximate surface area is 134 Å². The number of nitro groups is 1. The van der Waals surface area contributed by atoms with Crippen LogP contribution in [-0.4, -0.2) is 24.1 Å². The van der Waals surface area contributed by atoms with E-state index in [1.165, 1.54) is 26.4 Å². The topological polar surface area (TPSA) is 94.5 Å². The Morgan fingerprint density at radius 1 is 1.04 bits per heavy atom. The molecule has 0 aliphatic rings. The monoisotopic (exact) mass is 334 g/mol. The number of nitrogens with one attached hydrogen (secondary N) is 1. The summed E-state index contributed by atoms with van der Waals surface area (Å²) in [5.74, 6) is 0.695.